The summed E-state index contributed by atoms with van der Waals surface area (Å²) in [5.74, 6) is 0. The lowest BCUT2D eigenvalue weighted by molar-refractivity contribution is 0.660. The summed E-state index contributed by atoms with van der Waals surface area (Å²) in [5.41, 5.74) is 1.46. The number of nitrogens with one attached hydrogen (secondary N) is 2. The van der Waals surface area contributed by atoms with Gasteiger partial charge in [0, 0.05) is 20.1 Å². The van der Waals surface area contributed by atoms with E-state index >= 15 is 0 Å². The molecule has 2 nitrogen and oxygen atoms in total. The molecule has 0 aliphatic carbocycles. The van der Waals surface area contributed by atoms with Crippen molar-refractivity contribution in [3.8, 4) is 0 Å². The smallest absolute Gasteiger partial charge is 0.0197 e. The predicted octanol–water partition coefficient (Wildman–Crippen LogP) is -0.307. The van der Waals surface area contributed by atoms with E-state index in [9.17, 15) is 0 Å². The number of hydrogen-bond donors (Lipinski definition) is 2. The Morgan fingerprint density at radius 3 is 2.57 bits per heavy atom. The van der Waals surface area contributed by atoms with Crippen LogP contribution >= 0.6 is 0 Å². The molecule has 40 valence electrons. The minimum absolute atomic E-state index is 1.07. The van der Waals surface area contributed by atoms with Crippen LogP contribution in [0.15, 0.2) is 11.8 Å². The Balaban J connectivity index is 2.23. The van der Waals surface area contributed by atoms with E-state index in [2.05, 4.69) is 10.6 Å². The first-order valence-electron chi connectivity index (χ1n) is 2.49. The molecule has 0 atom stereocenters. The lowest BCUT2D eigenvalue weighted by Gasteiger charge is -2.17. The lowest BCUT2D eigenvalue weighted by Crippen LogP contribution is -2.34. The molecule has 7 heavy (non-hydrogen) atoms. The van der Waals surface area contributed by atoms with E-state index in [4.69, 9.17) is 0 Å². The standard InChI is InChI=1S/C5H10N2/c1-6-2-5-3-7-4-5/h2,6-7H,3-4H2,1H3. The van der Waals surface area contributed by atoms with Crippen molar-refractivity contribution in [2.24, 2.45) is 0 Å². The van der Waals surface area contributed by atoms with Gasteiger partial charge in [0.05, 0.1) is 0 Å². The third kappa shape index (κ3) is 0.933. The summed E-state index contributed by atoms with van der Waals surface area (Å²) in [4.78, 5) is 0. The summed E-state index contributed by atoms with van der Waals surface area (Å²) < 4.78 is 0. The molecular weight excluding hydrogens is 88.1 g/mol. The fourth-order valence-electron chi connectivity index (χ4n) is 0.576. The van der Waals surface area contributed by atoms with E-state index in [0.29, 0.717) is 0 Å². The van der Waals surface area contributed by atoms with Crippen molar-refractivity contribution in [3.63, 3.8) is 0 Å². The van der Waals surface area contributed by atoms with Gasteiger partial charge in [-0.05, 0) is 11.8 Å². The molecule has 0 bridgehead atoms. The van der Waals surface area contributed by atoms with Gasteiger partial charge < -0.3 is 10.6 Å². The second-order valence-electron chi connectivity index (χ2n) is 1.69. The van der Waals surface area contributed by atoms with Crippen LogP contribution in [0.25, 0.3) is 0 Å². The Kier molecular flexibility index (Phi) is 1.32. The maximum Gasteiger partial charge on any atom is 0.0197 e. The van der Waals surface area contributed by atoms with Gasteiger partial charge in [-0.15, -0.1) is 0 Å². The van der Waals surface area contributed by atoms with E-state index in [0.717, 1.165) is 13.1 Å². The van der Waals surface area contributed by atoms with Gasteiger partial charge in [-0.2, -0.15) is 0 Å². The normalized spacial score (nSPS) is 18.1. The molecule has 0 aromatic carbocycles. The van der Waals surface area contributed by atoms with Crippen LogP contribution in [0.1, 0.15) is 0 Å². The largest absolute Gasteiger partial charge is 0.394 e. The molecule has 1 aliphatic rings. The van der Waals surface area contributed by atoms with E-state index in [-0.39, 0.29) is 0 Å². The van der Waals surface area contributed by atoms with Crippen molar-refractivity contribution in [1.82, 2.24) is 10.6 Å². The van der Waals surface area contributed by atoms with E-state index in [1.807, 2.05) is 13.2 Å². The second kappa shape index (κ2) is 1.98. The SMILES string of the molecule is CNC=C1CNC1. The van der Waals surface area contributed by atoms with Crippen LogP contribution < -0.4 is 10.6 Å². The van der Waals surface area contributed by atoms with Crippen molar-refractivity contribution in [3.05, 3.63) is 11.8 Å². The molecule has 0 amide bonds. The minimum Gasteiger partial charge on any atom is -0.394 e. The molecule has 1 fully saturated rings. The molecule has 0 radical (unpaired) electrons. The van der Waals surface area contributed by atoms with Crippen LogP contribution in [0, 0.1) is 0 Å². The quantitative estimate of drug-likeness (QED) is 0.470. The third-order valence-corrected chi connectivity index (χ3v) is 1.05. The Labute approximate surface area is 43.6 Å². The molecular formula is C5H10N2. The molecule has 0 aromatic rings. The zero-order chi connectivity index (χ0) is 5.11. The fourth-order valence-corrected chi connectivity index (χ4v) is 0.576. The van der Waals surface area contributed by atoms with Crippen molar-refractivity contribution >= 4 is 0 Å². The topological polar surface area (TPSA) is 24.1 Å². The fraction of sp³-hybridized carbons (Fsp3) is 0.600. The monoisotopic (exact) mass is 98.1 g/mol. The highest BCUT2D eigenvalue weighted by molar-refractivity contribution is 5.12. The molecule has 0 aromatic heterocycles. The summed E-state index contributed by atoms with van der Waals surface area (Å²) in [6.07, 6.45) is 2.04. The highest BCUT2D eigenvalue weighted by Gasteiger charge is 2.03. The van der Waals surface area contributed by atoms with E-state index in [1.54, 1.807) is 0 Å². The van der Waals surface area contributed by atoms with Crippen LogP contribution in [0.2, 0.25) is 0 Å². The van der Waals surface area contributed by atoms with Crippen molar-refractivity contribution in [2.75, 3.05) is 20.1 Å². The van der Waals surface area contributed by atoms with E-state index in [1.165, 1.54) is 5.57 Å². The van der Waals surface area contributed by atoms with Gasteiger partial charge in [-0.25, -0.2) is 0 Å². The molecule has 1 aliphatic heterocycles. The molecule has 0 saturated carbocycles. The number of rotatable bonds is 1. The summed E-state index contributed by atoms with van der Waals surface area (Å²) in [6.45, 7) is 2.14. The predicted molar refractivity (Wildman–Crippen MR) is 30.0 cm³/mol. The lowest BCUT2D eigenvalue weighted by atomic mass is 10.2. The Morgan fingerprint density at radius 1 is 1.71 bits per heavy atom. The molecule has 1 rings (SSSR count). The second-order valence-corrected chi connectivity index (χ2v) is 1.69. The van der Waals surface area contributed by atoms with Crippen molar-refractivity contribution in [2.45, 2.75) is 0 Å². The summed E-state index contributed by atoms with van der Waals surface area (Å²) in [7, 11) is 1.92. The third-order valence-electron chi connectivity index (χ3n) is 1.05. The van der Waals surface area contributed by atoms with Gasteiger partial charge in [0.25, 0.3) is 0 Å². The molecule has 2 N–H and O–H groups in total. The van der Waals surface area contributed by atoms with Crippen molar-refractivity contribution in [1.29, 1.82) is 0 Å². The molecule has 2 heteroatoms. The Bertz CT molecular complexity index is 80.1. The Hall–Kier alpha value is -0.500. The van der Waals surface area contributed by atoms with Crippen LogP contribution in [0.3, 0.4) is 0 Å². The first kappa shape index (κ1) is 4.65. The summed E-state index contributed by atoms with van der Waals surface area (Å²) >= 11 is 0. The van der Waals surface area contributed by atoms with Crippen LogP contribution in [0.5, 0.6) is 0 Å². The average molecular weight is 98.1 g/mol. The van der Waals surface area contributed by atoms with Gasteiger partial charge in [-0.3, -0.25) is 0 Å². The van der Waals surface area contributed by atoms with Crippen LogP contribution in [0.4, 0.5) is 0 Å². The van der Waals surface area contributed by atoms with Gasteiger partial charge in [0.15, 0.2) is 0 Å². The number of hydrogen-bond acceptors (Lipinski definition) is 2. The van der Waals surface area contributed by atoms with E-state index < -0.39 is 0 Å². The summed E-state index contributed by atoms with van der Waals surface area (Å²) in [5, 5.41) is 6.11. The maximum atomic E-state index is 3.14. The van der Waals surface area contributed by atoms with Gasteiger partial charge in [0.2, 0.25) is 0 Å². The highest BCUT2D eigenvalue weighted by Crippen LogP contribution is 1.95. The molecule has 0 unspecified atom stereocenters. The Morgan fingerprint density at radius 2 is 2.43 bits per heavy atom. The first-order chi connectivity index (χ1) is 3.43. The summed E-state index contributed by atoms with van der Waals surface area (Å²) in [6, 6.07) is 0. The molecule has 1 heterocycles. The minimum atomic E-state index is 1.07. The van der Waals surface area contributed by atoms with Gasteiger partial charge in [0.1, 0.15) is 0 Å². The van der Waals surface area contributed by atoms with Crippen LogP contribution in [-0.4, -0.2) is 20.1 Å². The molecule has 0 spiro atoms. The first-order valence-corrected chi connectivity index (χ1v) is 2.49. The van der Waals surface area contributed by atoms with Crippen molar-refractivity contribution < 1.29 is 0 Å². The maximum absolute atomic E-state index is 3.14. The zero-order valence-corrected chi connectivity index (χ0v) is 4.49. The van der Waals surface area contributed by atoms with Gasteiger partial charge >= 0.3 is 0 Å². The zero-order valence-electron chi connectivity index (χ0n) is 4.49. The average Bonchev–Trinajstić information content (AvgIpc) is 1.55. The highest BCUT2D eigenvalue weighted by atomic mass is 14.9. The van der Waals surface area contributed by atoms with Gasteiger partial charge in [-0.1, -0.05) is 0 Å². The van der Waals surface area contributed by atoms with Crippen LogP contribution in [-0.2, 0) is 0 Å². The molecule has 1 saturated heterocycles.